The molecule has 2 aromatic rings. The van der Waals surface area contributed by atoms with Crippen molar-refractivity contribution < 1.29 is 9.59 Å². The Bertz CT molecular complexity index is 839. The molecule has 0 bridgehead atoms. The number of hydrogen-bond acceptors (Lipinski definition) is 6. The zero-order valence-electron chi connectivity index (χ0n) is 17.1. The molecule has 0 radical (unpaired) electrons. The molecule has 0 aliphatic carbocycles. The van der Waals surface area contributed by atoms with E-state index in [4.69, 9.17) is 0 Å². The van der Waals surface area contributed by atoms with Crippen molar-refractivity contribution in [3.05, 3.63) is 54.1 Å². The van der Waals surface area contributed by atoms with Gasteiger partial charge in [-0.1, -0.05) is 6.07 Å². The number of carbonyl (C=O) groups is 2. The summed E-state index contributed by atoms with van der Waals surface area (Å²) >= 11 is 0. The first-order chi connectivity index (χ1) is 14.7. The molecule has 0 aromatic carbocycles. The van der Waals surface area contributed by atoms with Gasteiger partial charge in [-0.25, -0.2) is 0 Å². The van der Waals surface area contributed by atoms with Gasteiger partial charge in [-0.05, 0) is 56.5 Å². The van der Waals surface area contributed by atoms with Crippen molar-refractivity contribution in [3.63, 3.8) is 0 Å². The molecule has 4 heterocycles. The number of aromatic nitrogens is 3. The topological polar surface area (TPSA) is 91.3 Å². The van der Waals surface area contributed by atoms with Crippen LogP contribution in [0.3, 0.4) is 0 Å². The van der Waals surface area contributed by atoms with Gasteiger partial charge in [0.25, 0.3) is 5.91 Å². The fraction of sp³-hybridized carbons (Fsp3) is 0.500. The highest BCUT2D eigenvalue weighted by molar-refractivity contribution is 5.92. The third kappa shape index (κ3) is 4.99. The van der Waals surface area contributed by atoms with Gasteiger partial charge in [-0.15, -0.1) is 5.10 Å². The normalized spacial score (nSPS) is 20.7. The van der Waals surface area contributed by atoms with Crippen LogP contribution in [0.15, 0.2) is 42.7 Å². The maximum Gasteiger partial charge on any atom is 0.274 e. The Hall–Kier alpha value is -2.87. The summed E-state index contributed by atoms with van der Waals surface area (Å²) in [6.07, 6.45) is 7.12. The van der Waals surface area contributed by atoms with Crippen LogP contribution in [0.4, 0.5) is 0 Å². The summed E-state index contributed by atoms with van der Waals surface area (Å²) in [6, 6.07) is 9.58. The third-order valence-electron chi connectivity index (χ3n) is 6.05. The van der Waals surface area contributed by atoms with Gasteiger partial charge in [0.05, 0.1) is 18.2 Å². The summed E-state index contributed by atoms with van der Waals surface area (Å²) in [4.78, 5) is 33.8. The summed E-state index contributed by atoms with van der Waals surface area (Å²) in [5.74, 6) is 0.0781. The largest absolute Gasteiger partial charge is 0.350 e. The van der Waals surface area contributed by atoms with Crippen LogP contribution in [-0.2, 0) is 11.3 Å². The van der Waals surface area contributed by atoms with E-state index in [-0.39, 0.29) is 17.7 Å². The summed E-state index contributed by atoms with van der Waals surface area (Å²) in [7, 11) is 0. The molecule has 8 heteroatoms. The lowest BCUT2D eigenvalue weighted by atomic mass is 9.93. The van der Waals surface area contributed by atoms with Crippen LogP contribution in [0.1, 0.15) is 41.9 Å². The van der Waals surface area contributed by atoms with E-state index in [9.17, 15) is 9.59 Å². The van der Waals surface area contributed by atoms with Gasteiger partial charge in [0.15, 0.2) is 5.69 Å². The Labute approximate surface area is 176 Å². The molecule has 2 fully saturated rings. The number of rotatable bonds is 5. The van der Waals surface area contributed by atoms with Crippen LogP contribution in [0.25, 0.3) is 0 Å². The van der Waals surface area contributed by atoms with E-state index in [0.717, 1.165) is 44.5 Å². The molecular weight excluding hydrogens is 380 g/mol. The highest BCUT2D eigenvalue weighted by Crippen LogP contribution is 2.24. The van der Waals surface area contributed by atoms with Crippen molar-refractivity contribution in [2.45, 2.75) is 38.3 Å². The predicted molar refractivity (Wildman–Crippen MR) is 111 cm³/mol. The van der Waals surface area contributed by atoms with Crippen molar-refractivity contribution in [3.8, 4) is 0 Å². The van der Waals surface area contributed by atoms with Gasteiger partial charge in [-0.2, -0.15) is 5.10 Å². The molecule has 158 valence electrons. The van der Waals surface area contributed by atoms with E-state index < -0.39 is 0 Å². The number of nitrogens with zero attached hydrogens (tertiary/aromatic N) is 5. The number of piperidine rings is 2. The first-order valence-electron chi connectivity index (χ1n) is 10.7. The molecule has 2 aliphatic rings. The van der Waals surface area contributed by atoms with Gasteiger partial charge in [0.2, 0.25) is 5.91 Å². The molecule has 2 aliphatic heterocycles. The van der Waals surface area contributed by atoms with Crippen LogP contribution >= 0.6 is 0 Å². The number of nitrogens with one attached hydrogen (secondary N) is 1. The number of likely N-dealkylation sites (tertiary alicyclic amines) is 2. The summed E-state index contributed by atoms with van der Waals surface area (Å²) in [6.45, 7) is 3.71. The predicted octanol–water partition coefficient (Wildman–Crippen LogP) is 1.50. The molecule has 1 N–H and O–H groups in total. The average Bonchev–Trinajstić information content (AvgIpc) is 2.83. The highest BCUT2D eigenvalue weighted by Gasteiger charge is 2.32. The van der Waals surface area contributed by atoms with Gasteiger partial charge >= 0.3 is 0 Å². The fourth-order valence-corrected chi connectivity index (χ4v) is 4.39. The van der Waals surface area contributed by atoms with Crippen molar-refractivity contribution >= 4 is 11.8 Å². The van der Waals surface area contributed by atoms with Crippen molar-refractivity contribution in [1.82, 2.24) is 30.3 Å². The summed E-state index contributed by atoms with van der Waals surface area (Å²) < 4.78 is 0. The van der Waals surface area contributed by atoms with Crippen LogP contribution in [0.5, 0.6) is 0 Å². The van der Waals surface area contributed by atoms with E-state index in [1.807, 2.05) is 23.1 Å². The first kappa shape index (κ1) is 20.4. The molecule has 30 heavy (non-hydrogen) atoms. The minimum Gasteiger partial charge on any atom is -0.350 e. The number of pyridine rings is 1. The van der Waals surface area contributed by atoms with E-state index in [1.165, 1.54) is 0 Å². The highest BCUT2D eigenvalue weighted by atomic mass is 16.2. The minimum absolute atomic E-state index is 0.0155. The standard InChI is InChI=1S/C22H28N6O2/c29-21(24-15-18-6-1-2-10-23-18)17-5-4-12-28(16-17)19-8-13-27(14-9-19)22(30)20-7-3-11-25-26-20/h1-3,6-7,10-11,17,19H,4-5,8-9,12-16H2,(H,24,29). The molecule has 8 nitrogen and oxygen atoms in total. The summed E-state index contributed by atoms with van der Waals surface area (Å²) in [5, 5.41) is 10.8. The van der Waals surface area contributed by atoms with Crippen molar-refractivity contribution in [1.29, 1.82) is 0 Å². The quantitative estimate of drug-likeness (QED) is 0.806. The third-order valence-corrected chi connectivity index (χ3v) is 6.05. The smallest absolute Gasteiger partial charge is 0.274 e. The first-order valence-corrected chi connectivity index (χ1v) is 10.7. The van der Waals surface area contributed by atoms with Crippen LogP contribution in [0.2, 0.25) is 0 Å². The molecule has 2 amide bonds. The lowest BCUT2D eigenvalue weighted by Crippen LogP contribution is -2.51. The molecule has 2 aromatic heterocycles. The lowest BCUT2D eigenvalue weighted by Gasteiger charge is -2.42. The van der Waals surface area contributed by atoms with Crippen LogP contribution in [0, 0.1) is 5.92 Å². The van der Waals surface area contributed by atoms with Gasteiger partial charge in [0.1, 0.15) is 0 Å². The molecule has 0 saturated carbocycles. The summed E-state index contributed by atoms with van der Waals surface area (Å²) in [5.41, 5.74) is 1.28. The average molecular weight is 409 g/mol. The van der Waals surface area contributed by atoms with Gasteiger partial charge in [-0.3, -0.25) is 19.5 Å². The second-order valence-corrected chi connectivity index (χ2v) is 8.01. The lowest BCUT2D eigenvalue weighted by molar-refractivity contribution is -0.127. The van der Waals surface area contributed by atoms with E-state index in [2.05, 4.69) is 25.4 Å². The molecule has 0 spiro atoms. The number of carbonyl (C=O) groups excluding carboxylic acids is 2. The maximum atomic E-state index is 12.7. The number of amides is 2. The van der Waals surface area contributed by atoms with Crippen LogP contribution in [-0.4, -0.2) is 69.0 Å². The Morgan fingerprint density at radius 3 is 2.63 bits per heavy atom. The monoisotopic (exact) mass is 408 g/mol. The van der Waals surface area contributed by atoms with Crippen molar-refractivity contribution in [2.24, 2.45) is 5.92 Å². The van der Waals surface area contributed by atoms with Crippen molar-refractivity contribution in [2.75, 3.05) is 26.2 Å². The molecule has 2 saturated heterocycles. The fourth-order valence-electron chi connectivity index (χ4n) is 4.39. The van der Waals surface area contributed by atoms with E-state index >= 15 is 0 Å². The Morgan fingerprint density at radius 1 is 1.03 bits per heavy atom. The minimum atomic E-state index is -0.0491. The van der Waals surface area contributed by atoms with Gasteiger partial charge < -0.3 is 10.2 Å². The second-order valence-electron chi connectivity index (χ2n) is 8.01. The Balaban J connectivity index is 1.26. The zero-order valence-corrected chi connectivity index (χ0v) is 17.1. The molecule has 1 unspecified atom stereocenters. The van der Waals surface area contributed by atoms with Crippen LogP contribution < -0.4 is 5.32 Å². The maximum absolute atomic E-state index is 12.7. The van der Waals surface area contributed by atoms with Gasteiger partial charge in [0, 0.05) is 38.1 Å². The second kappa shape index (κ2) is 9.75. The Kier molecular flexibility index (Phi) is 6.63. The number of hydrogen-bond donors (Lipinski definition) is 1. The molecular formula is C22H28N6O2. The molecule has 4 rings (SSSR count). The van der Waals surface area contributed by atoms with E-state index in [1.54, 1.807) is 24.5 Å². The van der Waals surface area contributed by atoms with E-state index in [0.29, 0.717) is 31.4 Å². The zero-order chi connectivity index (χ0) is 20.8. The SMILES string of the molecule is O=C(NCc1ccccn1)C1CCCN(C2CCN(C(=O)c3cccnn3)CC2)C1. The Morgan fingerprint density at radius 2 is 1.90 bits per heavy atom. The molecule has 1 atom stereocenters.